The van der Waals surface area contributed by atoms with Gasteiger partial charge in [-0.15, -0.1) is 0 Å². The minimum absolute atomic E-state index is 0.153. The Morgan fingerprint density at radius 1 is 1.03 bits per heavy atom. The van der Waals surface area contributed by atoms with Crippen LogP contribution < -0.4 is 15.0 Å². The predicted molar refractivity (Wildman–Crippen MR) is 114 cm³/mol. The van der Waals surface area contributed by atoms with E-state index < -0.39 is 60.6 Å². The van der Waals surface area contributed by atoms with Gasteiger partial charge < -0.3 is 10.4 Å². The average Bonchev–Trinajstić information content (AvgIpc) is 2.72. The number of rotatable bonds is 7. The maximum Gasteiger partial charge on any atom is 0.471 e. The van der Waals surface area contributed by atoms with E-state index in [1.54, 1.807) is 6.07 Å². The van der Waals surface area contributed by atoms with Crippen molar-refractivity contribution in [3.05, 3.63) is 54.1 Å². The summed E-state index contributed by atoms with van der Waals surface area (Å²) in [5.41, 5.74) is 0.438. The number of carbonyl (C=O) groups excluding carboxylic acids is 3. The second kappa shape index (κ2) is 12.2. The molecule has 0 aliphatic carbocycles. The summed E-state index contributed by atoms with van der Waals surface area (Å²) in [7, 11) is 0. The van der Waals surface area contributed by atoms with E-state index in [-0.39, 0.29) is 17.2 Å². The first-order chi connectivity index (χ1) is 16.0. The molecule has 0 aromatic heterocycles. The summed E-state index contributed by atoms with van der Waals surface area (Å²) in [6.07, 6.45) is -5.97. The van der Waals surface area contributed by atoms with E-state index in [0.29, 0.717) is 0 Å². The Labute approximate surface area is 198 Å². The molecule has 1 unspecified atom stereocenters. The SMILES string of the molecule is CC(=O)Nc1ccc([As](=O)(O)O)c(O)c1.O=C(CC(NC(=O)C(F)(F)F)C(=O)O)c1ccccc1. The van der Waals surface area contributed by atoms with Gasteiger partial charge in [0.1, 0.15) is 6.04 Å². The Hall–Kier alpha value is -3.61. The fraction of sp³-hybridized carbons (Fsp3) is 0.200. The first-order valence-electron chi connectivity index (χ1n) is 9.37. The molecule has 0 spiro atoms. The van der Waals surface area contributed by atoms with E-state index in [2.05, 4.69) is 5.32 Å². The van der Waals surface area contributed by atoms with E-state index in [1.807, 2.05) is 0 Å². The zero-order chi connectivity index (χ0) is 27.0. The van der Waals surface area contributed by atoms with Gasteiger partial charge in [0.25, 0.3) is 0 Å². The Bertz CT molecular complexity index is 1130. The number of amides is 2. The van der Waals surface area contributed by atoms with E-state index >= 15 is 0 Å². The monoisotopic (exact) mass is 564 g/mol. The minimum atomic E-state index is -5.20. The Morgan fingerprint density at radius 3 is 2.03 bits per heavy atom. The quantitative estimate of drug-likeness (QED) is 0.203. The summed E-state index contributed by atoms with van der Waals surface area (Å²) in [5, 5.41) is 21.7. The maximum absolute atomic E-state index is 12.0. The van der Waals surface area contributed by atoms with Crippen molar-refractivity contribution in [2.75, 3.05) is 5.32 Å². The van der Waals surface area contributed by atoms with Gasteiger partial charge in [0, 0.05) is 12.0 Å². The zero-order valence-corrected chi connectivity index (χ0v) is 19.7. The molecule has 0 aliphatic heterocycles. The number of carboxylic acids is 1. The fourth-order valence-electron chi connectivity index (χ4n) is 2.42. The van der Waals surface area contributed by atoms with Gasteiger partial charge in [-0.05, 0) is 0 Å². The van der Waals surface area contributed by atoms with Crippen LogP contribution in [-0.2, 0) is 18.1 Å². The fourth-order valence-corrected chi connectivity index (χ4v) is 3.74. The summed E-state index contributed by atoms with van der Waals surface area (Å²) in [4.78, 5) is 43.8. The average molecular weight is 564 g/mol. The number of halogens is 3. The van der Waals surface area contributed by atoms with Crippen LogP contribution in [0.15, 0.2) is 48.5 Å². The van der Waals surface area contributed by atoms with Crippen molar-refractivity contribution in [1.82, 2.24) is 5.32 Å². The van der Waals surface area contributed by atoms with E-state index in [1.165, 1.54) is 42.6 Å². The number of carbonyl (C=O) groups is 4. The topological polar surface area (TPSA) is 190 Å². The van der Waals surface area contributed by atoms with Crippen LogP contribution in [-0.4, -0.2) is 68.4 Å². The molecular formula is C20H20AsF3N2O9. The third kappa shape index (κ3) is 10.0. The zero-order valence-electron chi connectivity index (χ0n) is 17.8. The van der Waals surface area contributed by atoms with Gasteiger partial charge in [-0.2, -0.15) is 13.2 Å². The Kier molecular flexibility index (Phi) is 10.3. The smallest absolute Gasteiger partial charge is 0.471 e. The van der Waals surface area contributed by atoms with Gasteiger partial charge in [-0.1, -0.05) is 30.3 Å². The van der Waals surface area contributed by atoms with E-state index in [9.17, 15) is 41.2 Å². The van der Waals surface area contributed by atoms with Gasteiger partial charge in [-0.25, -0.2) is 4.79 Å². The number of hydrogen-bond acceptors (Lipinski definition) is 6. The first-order valence-corrected chi connectivity index (χ1v) is 12.8. The first kappa shape index (κ1) is 29.4. The number of hydrogen-bond donors (Lipinski definition) is 6. The van der Waals surface area contributed by atoms with Gasteiger partial charge in [0.05, 0.1) is 0 Å². The molecule has 0 bridgehead atoms. The molecule has 0 saturated carbocycles. The van der Waals surface area contributed by atoms with Crippen LogP contribution >= 0.6 is 0 Å². The molecule has 15 heteroatoms. The molecule has 11 nitrogen and oxygen atoms in total. The van der Waals surface area contributed by atoms with Gasteiger partial charge in [-0.3, -0.25) is 9.59 Å². The number of Topliss-reactive ketones (excluding diaryl/α,β-unsaturated/α-hetero) is 1. The number of phenolic OH excluding ortho intramolecular Hbond substituents is 1. The van der Waals surface area contributed by atoms with Crippen LogP contribution in [0.25, 0.3) is 0 Å². The van der Waals surface area contributed by atoms with Crippen LogP contribution in [0.3, 0.4) is 0 Å². The third-order valence-electron chi connectivity index (χ3n) is 3.96. The third-order valence-corrected chi connectivity index (χ3v) is 6.07. The van der Waals surface area contributed by atoms with Crippen LogP contribution in [0.1, 0.15) is 23.7 Å². The van der Waals surface area contributed by atoms with Gasteiger partial charge in [0.2, 0.25) is 0 Å². The number of alkyl halides is 3. The van der Waals surface area contributed by atoms with Gasteiger partial charge in [0.15, 0.2) is 5.78 Å². The number of nitrogens with one attached hydrogen (secondary N) is 2. The molecule has 35 heavy (non-hydrogen) atoms. The van der Waals surface area contributed by atoms with Crippen molar-refractivity contribution in [3.8, 4) is 5.75 Å². The number of benzene rings is 2. The molecule has 0 radical (unpaired) electrons. The van der Waals surface area contributed by atoms with Crippen molar-refractivity contribution in [2.45, 2.75) is 25.6 Å². The minimum Gasteiger partial charge on any atom is -0.480 e. The largest absolute Gasteiger partial charge is 0.480 e. The summed E-state index contributed by atoms with van der Waals surface area (Å²) in [6.45, 7) is 1.29. The molecular weight excluding hydrogens is 544 g/mol. The predicted octanol–water partition coefficient (Wildman–Crippen LogP) is 0.303. The number of phenols is 1. The van der Waals surface area contributed by atoms with Crippen molar-refractivity contribution >= 4 is 47.8 Å². The van der Waals surface area contributed by atoms with Crippen molar-refractivity contribution in [3.63, 3.8) is 0 Å². The molecule has 2 aromatic rings. The van der Waals surface area contributed by atoms with Crippen LogP contribution in [0.2, 0.25) is 0 Å². The molecule has 0 saturated heterocycles. The maximum atomic E-state index is 12.0. The standard InChI is InChI=1S/C12H10F3NO4.C8H10AsNO5/c13-12(14,15)11(20)16-8(10(18)19)6-9(17)7-4-2-1-3-5-7;1-5(11)10-6-2-3-7(8(12)4-6)9(13,14)15/h1-5,8H,6H2,(H,16,20)(H,18,19);2-4,12H,1H3,(H,10,11)(H2,13,14,15). The van der Waals surface area contributed by atoms with Crippen LogP contribution in [0.4, 0.5) is 18.9 Å². The second-order valence-corrected chi connectivity index (χ2v) is 10.1. The normalized spacial score (nSPS) is 11.9. The molecule has 6 N–H and O–H groups in total. The summed E-state index contributed by atoms with van der Waals surface area (Å²) >= 11 is -5.09. The number of aromatic hydroxyl groups is 1. The second-order valence-electron chi connectivity index (χ2n) is 6.78. The Morgan fingerprint density at radius 2 is 1.60 bits per heavy atom. The molecule has 190 valence electrons. The summed E-state index contributed by atoms with van der Waals surface area (Å²) in [6, 6.07) is 9.04. The molecule has 1 atom stereocenters. The number of aliphatic carboxylic acids is 1. The molecule has 2 rings (SSSR count). The molecule has 2 aromatic carbocycles. The van der Waals surface area contributed by atoms with Crippen LogP contribution in [0.5, 0.6) is 5.75 Å². The molecule has 0 heterocycles. The molecule has 2 amide bonds. The van der Waals surface area contributed by atoms with Crippen LogP contribution in [0, 0.1) is 0 Å². The Balaban J connectivity index is 0.000000365. The number of ketones is 1. The van der Waals surface area contributed by atoms with E-state index in [4.69, 9.17) is 13.3 Å². The molecule has 0 fully saturated rings. The van der Waals surface area contributed by atoms with E-state index in [0.717, 1.165) is 12.1 Å². The number of anilines is 1. The summed E-state index contributed by atoms with van der Waals surface area (Å²) in [5.74, 6) is -5.64. The van der Waals surface area contributed by atoms with Crippen molar-refractivity contribution in [2.24, 2.45) is 0 Å². The summed E-state index contributed by atoms with van der Waals surface area (Å²) < 4.78 is 64.4. The van der Waals surface area contributed by atoms with Crippen molar-refractivity contribution in [1.29, 1.82) is 0 Å². The van der Waals surface area contributed by atoms with Crippen molar-refractivity contribution < 1.29 is 54.5 Å². The molecule has 0 aliphatic rings. The number of carboxylic acid groups (broad SMARTS) is 1. The van der Waals surface area contributed by atoms with Gasteiger partial charge >= 0.3 is 106 Å².